The van der Waals surface area contributed by atoms with Crippen molar-refractivity contribution < 1.29 is 45.5 Å². The fourth-order valence-electron chi connectivity index (χ4n) is 2.42. The van der Waals surface area contributed by atoms with E-state index in [4.69, 9.17) is 4.74 Å². The van der Waals surface area contributed by atoms with Gasteiger partial charge in [-0.25, -0.2) is 13.2 Å². The molecule has 0 atom stereocenters. The third-order valence-electron chi connectivity index (χ3n) is 3.94. The van der Waals surface area contributed by atoms with E-state index in [1.54, 1.807) is 19.0 Å². The summed E-state index contributed by atoms with van der Waals surface area (Å²) in [7, 11) is -0.220. The van der Waals surface area contributed by atoms with Crippen molar-refractivity contribution in [2.45, 2.75) is 16.2 Å². The van der Waals surface area contributed by atoms with Crippen LogP contribution in [0, 0.1) is 10.1 Å². The van der Waals surface area contributed by atoms with Gasteiger partial charge in [-0.1, -0.05) is 0 Å². The van der Waals surface area contributed by atoms with Crippen molar-refractivity contribution in [2.75, 3.05) is 34.4 Å². The summed E-state index contributed by atoms with van der Waals surface area (Å²) in [6.07, 6.45) is -4.98. The zero-order valence-corrected chi connectivity index (χ0v) is 18.3. The third-order valence-corrected chi connectivity index (χ3v) is 5.71. The lowest BCUT2D eigenvalue weighted by Crippen LogP contribution is -2.21. The third kappa shape index (κ3) is 6.52. The van der Waals surface area contributed by atoms with Gasteiger partial charge in [0.25, 0.3) is 0 Å². The van der Waals surface area contributed by atoms with Gasteiger partial charge in [-0.15, -0.1) is 13.2 Å². The number of benzene rings is 1. The van der Waals surface area contributed by atoms with E-state index >= 15 is 0 Å². The van der Waals surface area contributed by atoms with Gasteiger partial charge >= 0.3 is 18.0 Å². The van der Waals surface area contributed by atoms with Gasteiger partial charge in [-0.2, -0.15) is 4.98 Å². The minimum atomic E-state index is -4.98. The van der Waals surface area contributed by atoms with Gasteiger partial charge in [0.1, 0.15) is 17.3 Å². The van der Waals surface area contributed by atoms with E-state index in [-0.39, 0.29) is 6.61 Å². The van der Waals surface area contributed by atoms with Crippen LogP contribution in [0.4, 0.5) is 18.9 Å². The normalized spacial score (nSPS) is 11.8. The van der Waals surface area contributed by atoms with Crippen LogP contribution < -0.4 is 9.47 Å². The molecule has 0 spiro atoms. The minimum Gasteiger partial charge on any atom is -0.475 e. The molecule has 0 aliphatic rings. The number of hydrogen-bond acceptors (Lipinski definition) is 10. The van der Waals surface area contributed by atoms with E-state index in [1.165, 1.54) is 0 Å². The Balaban J connectivity index is 2.62. The molecule has 11 nitrogen and oxygen atoms in total. The molecule has 0 radical (unpaired) electrons. The molecule has 1 aromatic carbocycles. The van der Waals surface area contributed by atoms with Crippen LogP contribution in [-0.2, 0) is 14.6 Å². The van der Waals surface area contributed by atoms with Crippen molar-refractivity contribution in [3.8, 4) is 11.6 Å². The molecule has 0 saturated carbocycles. The van der Waals surface area contributed by atoms with Crippen molar-refractivity contribution in [3.05, 3.63) is 46.1 Å². The smallest absolute Gasteiger partial charge is 0.475 e. The topological polar surface area (TPSA) is 138 Å². The molecule has 2 aromatic rings. The zero-order chi connectivity index (χ0) is 25.0. The monoisotopic (exact) mass is 493 g/mol. The van der Waals surface area contributed by atoms with Gasteiger partial charge in [0.2, 0.25) is 21.4 Å². The highest BCUT2D eigenvalue weighted by Gasteiger charge is 2.34. The summed E-state index contributed by atoms with van der Waals surface area (Å²) in [6, 6.07) is 3.75. The summed E-state index contributed by atoms with van der Waals surface area (Å²) in [4.78, 5) is 26.5. The first kappa shape index (κ1) is 25.8. The number of hydrogen-bond donors (Lipinski definition) is 0. The Kier molecular flexibility index (Phi) is 7.81. The summed E-state index contributed by atoms with van der Waals surface area (Å²) < 4.78 is 76.9. The first-order chi connectivity index (χ1) is 15.3. The predicted octanol–water partition coefficient (Wildman–Crippen LogP) is 2.45. The molecule has 1 heterocycles. The first-order valence-electron chi connectivity index (χ1n) is 8.92. The summed E-state index contributed by atoms with van der Waals surface area (Å²) >= 11 is 0. The number of halogens is 3. The number of esters is 1. The molecule has 2 rings (SSSR count). The first-order valence-corrected chi connectivity index (χ1v) is 10.4. The Bertz CT molecular complexity index is 1140. The number of sulfone groups is 1. The van der Waals surface area contributed by atoms with Crippen LogP contribution in [-0.4, -0.2) is 69.9 Å². The number of ether oxygens (including phenoxy) is 3. The van der Waals surface area contributed by atoms with E-state index in [9.17, 15) is 36.5 Å². The highest BCUT2D eigenvalue weighted by Crippen LogP contribution is 2.34. The molecule has 15 heteroatoms. The van der Waals surface area contributed by atoms with Crippen molar-refractivity contribution in [2.24, 2.45) is 0 Å². The quantitative estimate of drug-likeness (QED) is 0.291. The van der Waals surface area contributed by atoms with E-state index in [0.717, 1.165) is 31.4 Å². The molecule has 33 heavy (non-hydrogen) atoms. The van der Waals surface area contributed by atoms with Gasteiger partial charge < -0.3 is 19.1 Å². The Morgan fingerprint density at radius 2 is 1.82 bits per heavy atom. The van der Waals surface area contributed by atoms with Gasteiger partial charge in [-0.3, -0.25) is 10.1 Å². The minimum absolute atomic E-state index is 0.0979. The molecule has 0 saturated heterocycles. The molecule has 1 aromatic heterocycles. The van der Waals surface area contributed by atoms with E-state index < -0.39 is 59.9 Å². The predicted molar refractivity (Wildman–Crippen MR) is 105 cm³/mol. The average molecular weight is 493 g/mol. The lowest BCUT2D eigenvalue weighted by Gasteiger charge is -2.15. The maximum absolute atomic E-state index is 13.1. The lowest BCUT2D eigenvalue weighted by atomic mass is 10.3. The van der Waals surface area contributed by atoms with Crippen LogP contribution in [0.1, 0.15) is 10.5 Å². The average Bonchev–Trinajstić information content (AvgIpc) is 2.71. The van der Waals surface area contributed by atoms with Gasteiger partial charge in [0.15, 0.2) is 0 Å². The maximum atomic E-state index is 13.1. The summed E-state index contributed by atoms with van der Waals surface area (Å²) in [6.45, 7) is 0.203. The van der Waals surface area contributed by atoms with Gasteiger partial charge in [0, 0.05) is 12.6 Å². The highest BCUT2D eigenvalue weighted by atomic mass is 32.2. The van der Waals surface area contributed by atoms with Gasteiger partial charge in [-0.05, 0) is 38.4 Å². The van der Waals surface area contributed by atoms with Crippen molar-refractivity contribution in [1.82, 2.24) is 9.88 Å². The number of carbonyl (C=O) groups is 1. The lowest BCUT2D eigenvalue weighted by molar-refractivity contribution is -0.385. The SMILES string of the molecule is COC(=O)c1nc(OCCN(C)C)c(S(=O)(=O)c2ccc(OC(F)(F)F)cc2)cc1[N+](=O)[O-]. The summed E-state index contributed by atoms with van der Waals surface area (Å²) in [5, 5.41) is 11.4. The number of rotatable bonds is 9. The molecule has 0 aliphatic carbocycles. The number of pyridine rings is 1. The molecule has 0 N–H and O–H groups in total. The molecular weight excluding hydrogens is 475 g/mol. The summed E-state index contributed by atoms with van der Waals surface area (Å²) in [5.74, 6) is -2.48. The molecule has 0 unspecified atom stereocenters. The molecular formula is C18H18F3N3O8S. The maximum Gasteiger partial charge on any atom is 0.573 e. The van der Waals surface area contributed by atoms with Gasteiger partial charge in [0.05, 0.1) is 16.9 Å². The Morgan fingerprint density at radius 3 is 2.30 bits per heavy atom. The standard InChI is InChI=1S/C18H18F3N3O8S/c1-23(2)8-9-31-16-14(10-13(24(26)27)15(22-16)17(25)30-3)33(28,29)12-6-4-11(5-7-12)32-18(19,20)21/h4-7,10H,8-9H2,1-3H3. The fourth-order valence-corrected chi connectivity index (χ4v) is 3.77. The number of likely N-dealkylation sites (N-methyl/N-ethyl adjacent to an activating group) is 1. The number of nitro groups is 1. The van der Waals surface area contributed by atoms with Crippen LogP contribution in [0.2, 0.25) is 0 Å². The molecule has 0 fully saturated rings. The second-order valence-electron chi connectivity index (χ2n) is 6.58. The molecule has 0 aliphatic heterocycles. The largest absolute Gasteiger partial charge is 0.573 e. The van der Waals surface area contributed by atoms with Crippen LogP contribution in [0.25, 0.3) is 0 Å². The van der Waals surface area contributed by atoms with E-state index in [2.05, 4.69) is 14.5 Å². The van der Waals surface area contributed by atoms with E-state index in [1.807, 2.05) is 0 Å². The summed E-state index contributed by atoms with van der Waals surface area (Å²) in [5.41, 5.74) is -1.74. The van der Waals surface area contributed by atoms with E-state index in [0.29, 0.717) is 12.6 Å². The van der Waals surface area contributed by atoms with Crippen LogP contribution >= 0.6 is 0 Å². The van der Waals surface area contributed by atoms with Crippen LogP contribution in [0.5, 0.6) is 11.6 Å². The number of nitrogens with zero attached hydrogens (tertiary/aromatic N) is 3. The van der Waals surface area contributed by atoms with Crippen LogP contribution in [0.15, 0.2) is 40.1 Å². The van der Waals surface area contributed by atoms with Crippen LogP contribution in [0.3, 0.4) is 0 Å². The Labute approximate surface area is 185 Å². The molecule has 180 valence electrons. The molecule has 0 bridgehead atoms. The second-order valence-corrected chi connectivity index (χ2v) is 8.50. The highest BCUT2D eigenvalue weighted by molar-refractivity contribution is 7.91. The van der Waals surface area contributed by atoms with Crippen molar-refractivity contribution >= 4 is 21.5 Å². The molecule has 0 amide bonds. The fraction of sp³-hybridized carbons (Fsp3) is 0.333. The number of aromatic nitrogens is 1. The number of alkyl halides is 3. The van der Waals surface area contributed by atoms with Crippen molar-refractivity contribution in [1.29, 1.82) is 0 Å². The number of methoxy groups -OCH3 is 1. The second kappa shape index (κ2) is 9.99. The number of carbonyl (C=O) groups excluding carboxylic acids is 1. The Morgan fingerprint density at radius 1 is 1.21 bits per heavy atom. The zero-order valence-electron chi connectivity index (χ0n) is 17.5. The Hall–Kier alpha value is -3.46. The van der Waals surface area contributed by atoms with Crippen molar-refractivity contribution in [3.63, 3.8) is 0 Å².